The third-order valence-electron chi connectivity index (χ3n) is 2.92. The highest BCUT2D eigenvalue weighted by Crippen LogP contribution is 2.15. The minimum atomic E-state index is -0.110. The standard InChI is InChI=1S/C15H17N3O/c1-3-10-18(2)15(19)17-11-12-8-9-16-14-7-5-4-6-13(12)14/h3-9H,1,10-11H2,2H3,(H,17,19). The number of benzene rings is 1. The van der Waals surface area contributed by atoms with Crippen molar-refractivity contribution in [2.45, 2.75) is 6.54 Å². The van der Waals surface area contributed by atoms with Gasteiger partial charge in [0.15, 0.2) is 0 Å². The van der Waals surface area contributed by atoms with Crippen molar-refractivity contribution in [3.05, 3.63) is 54.7 Å². The van der Waals surface area contributed by atoms with E-state index in [1.807, 2.05) is 30.3 Å². The Kier molecular flexibility index (Phi) is 4.13. The predicted octanol–water partition coefficient (Wildman–Crippen LogP) is 2.56. The van der Waals surface area contributed by atoms with Gasteiger partial charge in [-0.15, -0.1) is 6.58 Å². The minimum absolute atomic E-state index is 0.110. The van der Waals surface area contributed by atoms with Crippen molar-refractivity contribution >= 4 is 16.9 Å². The number of nitrogens with zero attached hydrogens (tertiary/aromatic N) is 2. The van der Waals surface area contributed by atoms with Crippen LogP contribution in [0.3, 0.4) is 0 Å². The Hall–Kier alpha value is -2.36. The molecule has 1 aromatic carbocycles. The molecule has 0 spiro atoms. The van der Waals surface area contributed by atoms with Crippen molar-refractivity contribution in [1.29, 1.82) is 0 Å². The first kappa shape index (κ1) is 13.1. The van der Waals surface area contributed by atoms with Gasteiger partial charge in [-0.1, -0.05) is 24.3 Å². The highest BCUT2D eigenvalue weighted by atomic mass is 16.2. The summed E-state index contributed by atoms with van der Waals surface area (Å²) in [6.45, 7) is 4.63. The number of urea groups is 1. The fourth-order valence-corrected chi connectivity index (χ4v) is 1.89. The molecule has 0 unspecified atom stereocenters. The highest BCUT2D eigenvalue weighted by molar-refractivity contribution is 5.82. The third-order valence-corrected chi connectivity index (χ3v) is 2.92. The molecular formula is C15H17N3O. The van der Waals surface area contributed by atoms with Gasteiger partial charge in [-0.3, -0.25) is 4.98 Å². The van der Waals surface area contributed by atoms with Crippen LogP contribution in [0, 0.1) is 0 Å². The number of para-hydroxylation sites is 1. The molecular weight excluding hydrogens is 238 g/mol. The van der Waals surface area contributed by atoms with Crippen LogP contribution in [0.1, 0.15) is 5.56 Å². The van der Waals surface area contributed by atoms with Crippen molar-refractivity contribution in [3.8, 4) is 0 Å². The fourth-order valence-electron chi connectivity index (χ4n) is 1.89. The van der Waals surface area contributed by atoms with E-state index >= 15 is 0 Å². The lowest BCUT2D eigenvalue weighted by Crippen LogP contribution is -2.36. The Bertz CT molecular complexity index is 589. The number of hydrogen-bond donors (Lipinski definition) is 1. The van der Waals surface area contributed by atoms with E-state index in [2.05, 4.69) is 16.9 Å². The largest absolute Gasteiger partial charge is 0.334 e. The quantitative estimate of drug-likeness (QED) is 0.853. The average Bonchev–Trinajstić information content (AvgIpc) is 2.45. The van der Waals surface area contributed by atoms with Gasteiger partial charge in [0, 0.05) is 31.7 Å². The van der Waals surface area contributed by atoms with E-state index < -0.39 is 0 Å². The first-order valence-electron chi connectivity index (χ1n) is 6.15. The van der Waals surface area contributed by atoms with Crippen LogP contribution in [0.4, 0.5) is 4.79 Å². The van der Waals surface area contributed by atoms with Gasteiger partial charge < -0.3 is 10.2 Å². The zero-order valence-electron chi connectivity index (χ0n) is 11.0. The van der Waals surface area contributed by atoms with Crippen LogP contribution >= 0.6 is 0 Å². The van der Waals surface area contributed by atoms with Gasteiger partial charge in [-0.25, -0.2) is 4.79 Å². The number of aromatic nitrogens is 1. The summed E-state index contributed by atoms with van der Waals surface area (Å²) in [4.78, 5) is 17.7. The number of nitrogens with one attached hydrogen (secondary N) is 1. The predicted molar refractivity (Wildman–Crippen MR) is 76.8 cm³/mol. The molecule has 2 aromatic rings. The summed E-state index contributed by atoms with van der Waals surface area (Å²) in [5.74, 6) is 0. The normalized spacial score (nSPS) is 10.2. The molecule has 0 atom stereocenters. The number of carbonyl (C=O) groups excluding carboxylic acids is 1. The number of amides is 2. The van der Waals surface area contributed by atoms with Crippen molar-refractivity contribution < 1.29 is 4.79 Å². The zero-order valence-corrected chi connectivity index (χ0v) is 11.0. The summed E-state index contributed by atoms with van der Waals surface area (Å²) in [6.07, 6.45) is 3.46. The van der Waals surface area contributed by atoms with Crippen LogP contribution in [0.5, 0.6) is 0 Å². The van der Waals surface area contributed by atoms with Crippen LogP contribution in [-0.4, -0.2) is 29.5 Å². The van der Waals surface area contributed by atoms with Gasteiger partial charge in [-0.2, -0.15) is 0 Å². The van der Waals surface area contributed by atoms with Crippen molar-refractivity contribution in [2.75, 3.05) is 13.6 Å². The maximum absolute atomic E-state index is 11.8. The molecule has 1 heterocycles. The first-order valence-corrected chi connectivity index (χ1v) is 6.15. The van der Waals surface area contributed by atoms with E-state index in [1.54, 1.807) is 24.2 Å². The van der Waals surface area contributed by atoms with Crippen LogP contribution in [0.15, 0.2) is 49.2 Å². The van der Waals surface area contributed by atoms with E-state index in [0.29, 0.717) is 13.1 Å². The van der Waals surface area contributed by atoms with E-state index in [9.17, 15) is 4.79 Å². The van der Waals surface area contributed by atoms with Crippen LogP contribution in [0.2, 0.25) is 0 Å². The Morgan fingerprint density at radius 2 is 2.21 bits per heavy atom. The van der Waals surface area contributed by atoms with E-state index in [4.69, 9.17) is 0 Å². The number of fused-ring (bicyclic) bond motifs is 1. The van der Waals surface area contributed by atoms with Crippen LogP contribution < -0.4 is 5.32 Å². The SMILES string of the molecule is C=CCN(C)C(=O)NCc1ccnc2ccccc12. The summed E-state index contributed by atoms with van der Waals surface area (Å²) in [6, 6.07) is 9.72. The van der Waals surface area contributed by atoms with Crippen LogP contribution in [0.25, 0.3) is 10.9 Å². The second-order valence-corrected chi connectivity index (χ2v) is 4.32. The molecule has 0 aliphatic heterocycles. The molecule has 19 heavy (non-hydrogen) atoms. The van der Waals surface area contributed by atoms with Gasteiger partial charge in [0.2, 0.25) is 0 Å². The first-order chi connectivity index (χ1) is 9.22. The van der Waals surface area contributed by atoms with Crippen LogP contribution in [-0.2, 0) is 6.54 Å². The average molecular weight is 255 g/mol. The summed E-state index contributed by atoms with van der Waals surface area (Å²) in [7, 11) is 1.74. The Morgan fingerprint density at radius 3 is 3.00 bits per heavy atom. The maximum atomic E-state index is 11.8. The van der Waals surface area contributed by atoms with Gasteiger partial charge in [-0.05, 0) is 17.7 Å². The number of rotatable bonds is 4. The van der Waals surface area contributed by atoms with Crippen molar-refractivity contribution in [1.82, 2.24) is 15.2 Å². The smallest absolute Gasteiger partial charge is 0.317 e. The second kappa shape index (κ2) is 6.00. The maximum Gasteiger partial charge on any atom is 0.317 e. The van der Waals surface area contributed by atoms with Gasteiger partial charge in [0.1, 0.15) is 0 Å². The molecule has 1 N–H and O–H groups in total. The topological polar surface area (TPSA) is 45.2 Å². The molecule has 0 fully saturated rings. The number of carbonyl (C=O) groups is 1. The summed E-state index contributed by atoms with van der Waals surface area (Å²) in [5, 5.41) is 3.95. The third kappa shape index (κ3) is 3.10. The zero-order chi connectivity index (χ0) is 13.7. The highest BCUT2D eigenvalue weighted by Gasteiger charge is 2.07. The van der Waals surface area contributed by atoms with Gasteiger partial charge >= 0.3 is 6.03 Å². The Labute approximate surface area is 112 Å². The summed E-state index contributed by atoms with van der Waals surface area (Å²) < 4.78 is 0. The number of likely N-dealkylation sites (N-methyl/N-ethyl adjacent to an activating group) is 1. The summed E-state index contributed by atoms with van der Waals surface area (Å²) in [5.41, 5.74) is 2.00. The minimum Gasteiger partial charge on any atom is -0.334 e. The molecule has 0 bridgehead atoms. The summed E-state index contributed by atoms with van der Waals surface area (Å²) >= 11 is 0. The monoisotopic (exact) mass is 255 g/mol. The van der Waals surface area contributed by atoms with Gasteiger partial charge in [0.05, 0.1) is 5.52 Å². The van der Waals surface area contributed by atoms with E-state index in [-0.39, 0.29) is 6.03 Å². The second-order valence-electron chi connectivity index (χ2n) is 4.32. The molecule has 0 saturated carbocycles. The van der Waals surface area contributed by atoms with Crippen molar-refractivity contribution in [3.63, 3.8) is 0 Å². The Balaban J connectivity index is 2.10. The number of pyridine rings is 1. The van der Waals surface area contributed by atoms with E-state index in [1.165, 1.54) is 0 Å². The Morgan fingerprint density at radius 1 is 1.42 bits per heavy atom. The molecule has 0 aliphatic rings. The molecule has 98 valence electrons. The molecule has 0 radical (unpaired) electrons. The molecule has 2 amide bonds. The molecule has 4 heteroatoms. The lowest BCUT2D eigenvalue weighted by molar-refractivity contribution is 0.213. The molecule has 4 nitrogen and oxygen atoms in total. The number of hydrogen-bond acceptors (Lipinski definition) is 2. The lowest BCUT2D eigenvalue weighted by atomic mass is 10.1. The van der Waals surface area contributed by atoms with Gasteiger partial charge in [0.25, 0.3) is 0 Å². The molecule has 1 aromatic heterocycles. The fraction of sp³-hybridized carbons (Fsp3) is 0.200. The molecule has 0 saturated heterocycles. The molecule has 2 rings (SSSR count). The van der Waals surface area contributed by atoms with E-state index in [0.717, 1.165) is 16.5 Å². The lowest BCUT2D eigenvalue weighted by Gasteiger charge is -2.16. The van der Waals surface area contributed by atoms with Crippen molar-refractivity contribution in [2.24, 2.45) is 0 Å². The molecule has 0 aliphatic carbocycles.